The minimum Gasteiger partial charge on any atom is -0.492 e. The SMILES string of the molecule is CC(C)(C)c1cc(NC(=O)Nc2ccc(-c3cn(-c4ccc(OCCN5CCOCC5)cc4[N+](=O)[O-])nn3)cc2)no1. The van der Waals surface area contributed by atoms with Crippen LogP contribution < -0.4 is 15.4 Å². The van der Waals surface area contributed by atoms with Gasteiger partial charge < -0.3 is 19.3 Å². The molecule has 3 heterocycles. The number of aromatic nitrogens is 4. The predicted octanol–water partition coefficient (Wildman–Crippen LogP) is 4.48. The van der Waals surface area contributed by atoms with Gasteiger partial charge in [0.2, 0.25) is 0 Å². The van der Waals surface area contributed by atoms with E-state index in [1.54, 1.807) is 48.7 Å². The Hall–Kier alpha value is -4.82. The monoisotopic (exact) mass is 576 g/mol. The van der Waals surface area contributed by atoms with E-state index in [9.17, 15) is 14.9 Å². The first-order valence-electron chi connectivity index (χ1n) is 13.5. The van der Waals surface area contributed by atoms with E-state index in [1.807, 2.05) is 20.8 Å². The summed E-state index contributed by atoms with van der Waals surface area (Å²) in [5.74, 6) is 1.38. The molecule has 14 heteroatoms. The molecule has 2 amide bonds. The number of nitro benzene ring substituents is 1. The molecular weight excluding hydrogens is 544 g/mol. The van der Waals surface area contributed by atoms with Crippen LogP contribution >= 0.6 is 0 Å². The zero-order chi connectivity index (χ0) is 29.7. The van der Waals surface area contributed by atoms with Crippen LogP contribution in [0.2, 0.25) is 0 Å². The van der Waals surface area contributed by atoms with Crippen molar-refractivity contribution in [3.63, 3.8) is 0 Å². The van der Waals surface area contributed by atoms with Gasteiger partial charge in [0.1, 0.15) is 29.5 Å². The van der Waals surface area contributed by atoms with Crippen LogP contribution in [0, 0.1) is 10.1 Å². The van der Waals surface area contributed by atoms with Crippen LogP contribution in [0.25, 0.3) is 16.9 Å². The third-order valence-corrected chi connectivity index (χ3v) is 6.59. The number of nitrogens with zero attached hydrogens (tertiary/aromatic N) is 6. The first-order chi connectivity index (χ1) is 20.2. The molecule has 0 radical (unpaired) electrons. The average molecular weight is 577 g/mol. The lowest BCUT2D eigenvalue weighted by Gasteiger charge is -2.26. The molecule has 0 atom stereocenters. The Bertz CT molecular complexity index is 1540. The lowest BCUT2D eigenvalue weighted by molar-refractivity contribution is -0.384. The fourth-order valence-corrected chi connectivity index (χ4v) is 4.25. The standard InChI is InChI=1S/C28H32N8O6/c1-28(2,3)25-17-26(32-42-25)30-27(37)29-20-6-4-19(5-7-20)22-18-35(33-31-22)23-9-8-21(16-24(23)36(38)39)41-15-12-34-10-13-40-14-11-34/h4-9,16-18H,10-15H2,1-3H3,(H2,29,30,32,37). The zero-order valence-electron chi connectivity index (χ0n) is 23.6. The highest BCUT2D eigenvalue weighted by molar-refractivity contribution is 5.99. The van der Waals surface area contributed by atoms with E-state index in [0.717, 1.165) is 13.1 Å². The van der Waals surface area contributed by atoms with Crippen molar-refractivity contribution in [3.8, 4) is 22.7 Å². The van der Waals surface area contributed by atoms with Crippen molar-refractivity contribution in [1.82, 2.24) is 25.1 Å². The second-order valence-electron chi connectivity index (χ2n) is 10.7. The number of nitrogens with one attached hydrogen (secondary N) is 2. The summed E-state index contributed by atoms with van der Waals surface area (Å²) in [4.78, 5) is 26.0. The maximum absolute atomic E-state index is 12.4. The van der Waals surface area contributed by atoms with Gasteiger partial charge in [-0.1, -0.05) is 43.3 Å². The molecular formula is C28H32N8O6. The van der Waals surface area contributed by atoms with Gasteiger partial charge in [0.25, 0.3) is 5.69 Å². The highest BCUT2D eigenvalue weighted by Gasteiger charge is 2.21. The molecule has 0 bridgehead atoms. The fourth-order valence-electron chi connectivity index (χ4n) is 4.25. The highest BCUT2D eigenvalue weighted by Crippen LogP contribution is 2.29. The Labute approximate surface area is 241 Å². The Morgan fingerprint density at radius 2 is 1.86 bits per heavy atom. The van der Waals surface area contributed by atoms with Crippen molar-refractivity contribution in [2.24, 2.45) is 0 Å². The molecule has 0 unspecified atom stereocenters. The van der Waals surface area contributed by atoms with E-state index in [0.29, 0.717) is 60.6 Å². The Morgan fingerprint density at radius 3 is 2.55 bits per heavy atom. The summed E-state index contributed by atoms with van der Waals surface area (Å²) >= 11 is 0. The van der Waals surface area contributed by atoms with Crippen molar-refractivity contribution < 1.29 is 23.7 Å². The first-order valence-corrected chi connectivity index (χ1v) is 13.5. The predicted molar refractivity (Wildman–Crippen MR) is 154 cm³/mol. The number of benzene rings is 2. The largest absolute Gasteiger partial charge is 0.492 e. The Kier molecular flexibility index (Phi) is 8.45. The number of carbonyl (C=O) groups is 1. The normalized spacial score (nSPS) is 14.0. The van der Waals surface area contributed by atoms with Crippen LogP contribution in [-0.4, -0.2) is 75.5 Å². The number of morpholine rings is 1. The smallest absolute Gasteiger partial charge is 0.324 e. The van der Waals surface area contributed by atoms with Crippen LogP contribution in [0.5, 0.6) is 5.75 Å². The summed E-state index contributed by atoms with van der Waals surface area (Å²) in [6, 6.07) is 12.8. The Morgan fingerprint density at radius 1 is 1.10 bits per heavy atom. The third-order valence-electron chi connectivity index (χ3n) is 6.59. The van der Waals surface area contributed by atoms with E-state index < -0.39 is 11.0 Å². The Balaban J connectivity index is 1.21. The third kappa shape index (κ3) is 7.08. The minimum atomic E-state index is -0.472. The van der Waals surface area contributed by atoms with Crippen LogP contribution in [-0.2, 0) is 10.2 Å². The van der Waals surface area contributed by atoms with E-state index in [1.165, 1.54) is 10.7 Å². The van der Waals surface area contributed by atoms with Gasteiger partial charge in [-0.15, -0.1) is 5.10 Å². The number of hydrogen-bond acceptors (Lipinski definition) is 10. The molecule has 0 spiro atoms. The molecule has 5 rings (SSSR count). The average Bonchev–Trinajstić information content (AvgIpc) is 3.64. The number of rotatable bonds is 9. The number of carbonyl (C=O) groups excluding carboxylic acids is 1. The first kappa shape index (κ1) is 28.7. The summed E-state index contributed by atoms with van der Waals surface area (Å²) in [6.45, 7) is 10.2. The zero-order valence-corrected chi connectivity index (χ0v) is 23.6. The molecule has 14 nitrogen and oxygen atoms in total. The van der Waals surface area contributed by atoms with Crippen LogP contribution in [0.1, 0.15) is 26.5 Å². The number of anilines is 2. The summed E-state index contributed by atoms with van der Waals surface area (Å²) in [7, 11) is 0. The molecule has 1 aliphatic rings. The summed E-state index contributed by atoms with van der Waals surface area (Å²) in [5.41, 5.74) is 1.64. The van der Waals surface area contributed by atoms with Crippen molar-refractivity contribution in [2.45, 2.75) is 26.2 Å². The van der Waals surface area contributed by atoms with Crippen molar-refractivity contribution in [2.75, 3.05) is 50.1 Å². The lowest BCUT2D eigenvalue weighted by atomic mass is 9.93. The van der Waals surface area contributed by atoms with Crippen molar-refractivity contribution in [3.05, 3.63) is 70.6 Å². The van der Waals surface area contributed by atoms with Gasteiger partial charge >= 0.3 is 6.03 Å². The number of ether oxygens (including phenoxy) is 2. The van der Waals surface area contributed by atoms with Gasteiger partial charge in [-0.05, 0) is 24.3 Å². The molecule has 2 aromatic carbocycles. The number of hydrogen-bond donors (Lipinski definition) is 2. The van der Waals surface area contributed by atoms with Crippen LogP contribution in [0.3, 0.4) is 0 Å². The maximum Gasteiger partial charge on any atom is 0.324 e. The second kappa shape index (κ2) is 12.4. The van der Waals surface area contributed by atoms with Gasteiger partial charge in [-0.2, -0.15) is 0 Å². The molecule has 0 aliphatic carbocycles. The molecule has 2 aromatic heterocycles. The van der Waals surface area contributed by atoms with Gasteiger partial charge in [0.15, 0.2) is 5.82 Å². The lowest BCUT2D eigenvalue weighted by Crippen LogP contribution is -2.38. The minimum absolute atomic E-state index is 0.150. The molecule has 2 N–H and O–H groups in total. The number of amides is 2. The highest BCUT2D eigenvalue weighted by atomic mass is 16.6. The number of urea groups is 1. The molecule has 42 heavy (non-hydrogen) atoms. The van der Waals surface area contributed by atoms with Crippen molar-refractivity contribution in [1.29, 1.82) is 0 Å². The van der Waals surface area contributed by atoms with Crippen LogP contribution in [0.15, 0.2) is 59.3 Å². The molecule has 1 aliphatic heterocycles. The van der Waals surface area contributed by atoms with Gasteiger partial charge in [0.05, 0.1) is 30.4 Å². The van der Waals surface area contributed by atoms with Gasteiger partial charge in [-0.25, -0.2) is 9.48 Å². The molecule has 1 fully saturated rings. The topological polar surface area (TPSA) is 163 Å². The summed E-state index contributed by atoms with van der Waals surface area (Å²) < 4.78 is 17.8. The quantitative estimate of drug-likeness (QED) is 0.214. The van der Waals surface area contributed by atoms with E-state index in [4.69, 9.17) is 14.0 Å². The van der Waals surface area contributed by atoms with E-state index in [2.05, 4.69) is 31.0 Å². The van der Waals surface area contributed by atoms with Crippen molar-refractivity contribution >= 4 is 23.2 Å². The summed E-state index contributed by atoms with van der Waals surface area (Å²) in [6.07, 6.45) is 1.60. The molecule has 0 saturated carbocycles. The van der Waals surface area contributed by atoms with Gasteiger partial charge in [0, 0.05) is 42.4 Å². The van der Waals surface area contributed by atoms with E-state index in [-0.39, 0.29) is 16.8 Å². The number of nitro groups is 1. The second-order valence-corrected chi connectivity index (χ2v) is 10.7. The van der Waals surface area contributed by atoms with Crippen LogP contribution in [0.4, 0.5) is 22.0 Å². The molecule has 4 aromatic rings. The maximum atomic E-state index is 12.4. The fraction of sp³-hybridized carbons (Fsp3) is 0.357. The van der Waals surface area contributed by atoms with E-state index >= 15 is 0 Å². The molecule has 220 valence electrons. The van der Waals surface area contributed by atoms with Gasteiger partial charge in [-0.3, -0.25) is 20.3 Å². The molecule has 1 saturated heterocycles. The summed E-state index contributed by atoms with van der Waals surface area (Å²) in [5, 5.41) is 29.4.